The number of aryl methyl sites for hydroxylation is 1. The van der Waals surface area contributed by atoms with Gasteiger partial charge >= 0.3 is 5.97 Å². The maximum atomic E-state index is 11.4. The second-order valence-electron chi connectivity index (χ2n) is 4.32. The summed E-state index contributed by atoms with van der Waals surface area (Å²) < 4.78 is 0. The van der Waals surface area contributed by atoms with Crippen LogP contribution in [-0.4, -0.2) is 21.3 Å². The minimum absolute atomic E-state index is 0.365. The average molecular weight is 277 g/mol. The highest BCUT2D eigenvalue weighted by Crippen LogP contribution is 2.20. The van der Waals surface area contributed by atoms with Crippen LogP contribution >= 0.6 is 11.6 Å². The zero-order chi connectivity index (χ0) is 13.8. The summed E-state index contributed by atoms with van der Waals surface area (Å²) in [7, 11) is 0. The quantitative estimate of drug-likeness (QED) is 0.933. The van der Waals surface area contributed by atoms with Crippen molar-refractivity contribution in [3.63, 3.8) is 0 Å². The van der Waals surface area contributed by atoms with E-state index >= 15 is 0 Å². The first kappa shape index (κ1) is 13.5. The molecular weight excluding hydrogens is 264 g/mol. The van der Waals surface area contributed by atoms with E-state index in [1.54, 1.807) is 24.3 Å². The molecule has 0 bridgehead atoms. The van der Waals surface area contributed by atoms with Crippen LogP contribution < -0.4 is 0 Å². The van der Waals surface area contributed by atoms with Gasteiger partial charge in [-0.1, -0.05) is 23.7 Å². The highest BCUT2D eigenvalue weighted by Gasteiger charge is 2.22. The Morgan fingerprint density at radius 2 is 1.89 bits per heavy atom. The summed E-state index contributed by atoms with van der Waals surface area (Å²) in [6.07, 6.45) is 0.365. The fraction of sp³-hybridized carbons (Fsp3) is 0.214. The summed E-state index contributed by atoms with van der Waals surface area (Å²) in [6, 6.07) is 10.6. The number of rotatable bonds is 4. The molecule has 1 heterocycles. The van der Waals surface area contributed by atoms with Gasteiger partial charge in [0, 0.05) is 5.02 Å². The van der Waals surface area contributed by atoms with Crippen LogP contribution in [0.3, 0.4) is 0 Å². The molecule has 0 spiro atoms. The first-order valence-electron chi connectivity index (χ1n) is 5.84. The van der Waals surface area contributed by atoms with Crippen molar-refractivity contribution < 1.29 is 9.90 Å². The van der Waals surface area contributed by atoms with Gasteiger partial charge in [0.25, 0.3) is 0 Å². The first-order valence-corrected chi connectivity index (χ1v) is 6.21. The van der Waals surface area contributed by atoms with Crippen LogP contribution in [-0.2, 0) is 11.2 Å². The van der Waals surface area contributed by atoms with Crippen molar-refractivity contribution in [3.05, 3.63) is 58.4 Å². The van der Waals surface area contributed by atoms with Crippen molar-refractivity contribution in [1.82, 2.24) is 10.2 Å². The Kier molecular flexibility index (Phi) is 4.12. The van der Waals surface area contributed by atoms with E-state index in [1.807, 2.05) is 19.1 Å². The Morgan fingerprint density at radius 3 is 2.42 bits per heavy atom. The molecule has 0 aliphatic carbocycles. The van der Waals surface area contributed by atoms with Gasteiger partial charge in [0.05, 0.1) is 11.4 Å². The normalized spacial score (nSPS) is 12.1. The van der Waals surface area contributed by atoms with Crippen molar-refractivity contribution in [3.8, 4) is 0 Å². The van der Waals surface area contributed by atoms with E-state index in [0.29, 0.717) is 17.1 Å². The van der Waals surface area contributed by atoms with Gasteiger partial charge in [-0.05, 0) is 43.2 Å². The lowest BCUT2D eigenvalue weighted by Crippen LogP contribution is -2.16. The van der Waals surface area contributed by atoms with E-state index in [1.165, 1.54) is 0 Å². The first-order chi connectivity index (χ1) is 9.06. The highest BCUT2D eigenvalue weighted by atomic mass is 35.5. The van der Waals surface area contributed by atoms with Crippen molar-refractivity contribution in [2.24, 2.45) is 0 Å². The predicted molar refractivity (Wildman–Crippen MR) is 72.3 cm³/mol. The third kappa shape index (κ3) is 3.51. The molecule has 4 nitrogen and oxygen atoms in total. The lowest BCUT2D eigenvalue weighted by Gasteiger charge is -2.11. The fourth-order valence-electron chi connectivity index (χ4n) is 1.77. The molecule has 0 aliphatic rings. The zero-order valence-corrected chi connectivity index (χ0v) is 11.1. The molecular formula is C14H13ClN2O2. The molecule has 0 saturated heterocycles. The highest BCUT2D eigenvalue weighted by molar-refractivity contribution is 6.30. The van der Waals surface area contributed by atoms with E-state index in [-0.39, 0.29) is 0 Å². The molecule has 1 unspecified atom stereocenters. The fourth-order valence-corrected chi connectivity index (χ4v) is 1.90. The van der Waals surface area contributed by atoms with Crippen LogP contribution in [0.2, 0.25) is 5.02 Å². The van der Waals surface area contributed by atoms with Crippen LogP contribution in [0.15, 0.2) is 36.4 Å². The molecule has 19 heavy (non-hydrogen) atoms. The van der Waals surface area contributed by atoms with E-state index in [2.05, 4.69) is 10.2 Å². The van der Waals surface area contributed by atoms with Crippen LogP contribution in [0.25, 0.3) is 0 Å². The lowest BCUT2D eigenvalue weighted by atomic mass is 9.96. The number of aliphatic carboxylic acids is 1. The molecule has 0 fully saturated rings. The SMILES string of the molecule is Cc1ccc(C(Cc2ccc(Cl)cc2)C(=O)O)nn1. The van der Waals surface area contributed by atoms with Gasteiger partial charge in [0.15, 0.2) is 0 Å². The van der Waals surface area contributed by atoms with Crippen molar-refractivity contribution in [2.75, 3.05) is 0 Å². The number of nitrogens with zero attached hydrogens (tertiary/aromatic N) is 2. The van der Waals surface area contributed by atoms with Gasteiger partial charge < -0.3 is 5.11 Å². The molecule has 1 atom stereocenters. The van der Waals surface area contributed by atoms with Gasteiger partial charge in [-0.25, -0.2) is 0 Å². The van der Waals surface area contributed by atoms with Crippen LogP contribution in [0.4, 0.5) is 0 Å². The van der Waals surface area contributed by atoms with E-state index in [9.17, 15) is 9.90 Å². The van der Waals surface area contributed by atoms with Gasteiger partial charge in [0.1, 0.15) is 5.92 Å². The Morgan fingerprint density at radius 1 is 1.21 bits per heavy atom. The summed E-state index contributed by atoms with van der Waals surface area (Å²) in [4.78, 5) is 11.4. The Balaban J connectivity index is 2.23. The van der Waals surface area contributed by atoms with Crippen LogP contribution in [0, 0.1) is 6.92 Å². The number of hydrogen-bond acceptors (Lipinski definition) is 3. The summed E-state index contributed by atoms with van der Waals surface area (Å²) in [6.45, 7) is 1.81. The van der Waals surface area contributed by atoms with E-state index < -0.39 is 11.9 Å². The third-order valence-electron chi connectivity index (χ3n) is 2.83. The Hall–Kier alpha value is -1.94. The molecule has 0 saturated carbocycles. The maximum absolute atomic E-state index is 11.4. The Bertz CT molecular complexity index is 567. The lowest BCUT2D eigenvalue weighted by molar-refractivity contribution is -0.138. The number of aromatic nitrogens is 2. The minimum atomic E-state index is -0.909. The maximum Gasteiger partial charge on any atom is 0.313 e. The molecule has 0 aliphatic heterocycles. The monoisotopic (exact) mass is 276 g/mol. The van der Waals surface area contributed by atoms with Crippen LogP contribution in [0.5, 0.6) is 0 Å². The predicted octanol–water partition coefficient (Wildman–Crippen LogP) is 2.85. The third-order valence-corrected chi connectivity index (χ3v) is 3.08. The van der Waals surface area contributed by atoms with Crippen molar-refractivity contribution in [2.45, 2.75) is 19.3 Å². The second-order valence-corrected chi connectivity index (χ2v) is 4.76. The summed E-state index contributed by atoms with van der Waals surface area (Å²) in [5, 5.41) is 17.8. The smallest absolute Gasteiger partial charge is 0.313 e. The molecule has 2 aromatic rings. The largest absolute Gasteiger partial charge is 0.481 e. The number of hydrogen-bond donors (Lipinski definition) is 1. The average Bonchev–Trinajstić information content (AvgIpc) is 2.39. The number of benzene rings is 1. The van der Waals surface area contributed by atoms with E-state index in [0.717, 1.165) is 11.3 Å². The molecule has 1 aromatic carbocycles. The summed E-state index contributed by atoms with van der Waals surface area (Å²) in [5.74, 6) is -1.61. The molecule has 5 heteroatoms. The molecule has 1 N–H and O–H groups in total. The standard InChI is InChI=1S/C14H13ClN2O2/c1-9-2-7-13(17-16-9)12(14(18)19)8-10-3-5-11(15)6-4-10/h2-7,12H,8H2,1H3,(H,18,19). The van der Waals surface area contributed by atoms with Gasteiger partial charge in [-0.2, -0.15) is 10.2 Å². The number of carbonyl (C=O) groups is 1. The van der Waals surface area contributed by atoms with Crippen molar-refractivity contribution >= 4 is 17.6 Å². The molecule has 0 radical (unpaired) electrons. The van der Waals surface area contributed by atoms with Gasteiger partial charge in [0.2, 0.25) is 0 Å². The summed E-state index contributed by atoms with van der Waals surface area (Å²) in [5.41, 5.74) is 2.13. The molecule has 1 aromatic heterocycles. The molecule has 2 rings (SSSR count). The zero-order valence-electron chi connectivity index (χ0n) is 10.4. The Labute approximate surface area is 116 Å². The van der Waals surface area contributed by atoms with Crippen molar-refractivity contribution in [1.29, 1.82) is 0 Å². The summed E-state index contributed by atoms with van der Waals surface area (Å²) >= 11 is 5.81. The number of carboxylic acids is 1. The molecule has 98 valence electrons. The number of carboxylic acid groups (broad SMARTS) is 1. The van der Waals surface area contributed by atoms with E-state index in [4.69, 9.17) is 11.6 Å². The van der Waals surface area contributed by atoms with Gasteiger partial charge in [-0.15, -0.1) is 0 Å². The molecule has 0 amide bonds. The van der Waals surface area contributed by atoms with Crippen LogP contribution in [0.1, 0.15) is 22.9 Å². The number of halogens is 1. The minimum Gasteiger partial charge on any atom is -0.481 e. The second kappa shape index (κ2) is 5.80. The topological polar surface area (TPSA) is 63.1 Å². The van der Waals surface area contributed by atoms with Gasteiger partial charge in [-0.3, -0.25) is 4.79 Å².